The lowest BCUT2D eigenvalue weighted by atomic mass is 10.2. The van der Waals surface area contributed by atoms with Crippen molar-refractivity contribution < 1.29 is 14.5 Å². The van der Waals surface area contributed by atoms with Gasteiger partial charge in [0.2, 0.25) is 5.91 Å². The summed E-state index contributed by atoms with van der Waals surface area (Å²) in [5, 5.41) is 24.5. The largest absolute Gasteiger partial charge is 0.339 e. The molecule has 2 aromatic heterocycles. The molecule has 0 unspecified atom stereocenters. The van der Waals surface area contributed by atoms with Crippen LogP contribution in [-0.4, -0.2) is 33.0 Å². The molecule has 0 fully saturated rings. The molecule has 1 aromatic carbocycles. The van der Waals surface area contributed by atoms with Crippen molar-refractivity contribution in [3.8, 4) is 10.6 Å². The van der Waals surface area contributed by atoms with Gasteiger partial charge in [-0.1, -0.05) is 6.07 Å². The zero-order chi connectivity index (χ0) is 19.4. The van der Waals surface area contributed by atoms with E-state index in [1.165, 1.54) is 42.5 Å². The molecule has 0 saturated heterocycles. The lowest BCUT2D eigenvalue weighted by Crippen LogP contribution is -2.41. The smallest absolute Gasteiger partial charge is 0.272 e. The van der Waals surface area contributed by atoms with Gasteiger partial charge in [0.15, 0.2) is 5.69 Å². The third-order valence-electron chi connectivity index (χ3n) is 3.68. The number of rotatable bonds is 6. The predicted molar refractivity (Wildman–Crippen MR) is 101 cm³/mol. The van der Waals surface area contributed by atoms with Crippen LogP contribution in [0.5, 0.6) is 0 Å². The minimum Gasteiger partial charge on any atom is -0.339 e. The summed E-state index contributed by atoms with van der Waals surface area (Å²) in [6.07, 6.45) is 0. The lowest BCUT2D eigenvalue weighted by Gasteiger charge is -2.13. The van der Waals surface area contributed by atoms with Gasteiger partial charge in [-0.15, -0.1) is 11.3 Å². The standard InChI is InChI=1S/C17H15N5O4S/c1-10(16(23)19-11-4-6-12(7-5-11)22(25)26)18-17(24)14-9-13(20-21-14)15-3-2-8-27-15/h2-10H,1H3,(H,18,24)(H,19,23)(H,20,21)/t10-/m0/s1. The number of aromatic nitrogens is 2. The van der Waals surface area contributed by atoms with Crippen LogP contribution in [0.4, 0.5) is 11.4 Å². The third-order valence-corrected chi connectivity index (χ3v) is 4.59. The molecule has 0 bridgehead atoms. The molecular formula is C17H15N5O4S. The Morgan fingerprint density at radius 1 is 1.26 bits per heavy atom. The number of nitrogens with one attached hydrogen (secondary N) is 3. The van der Waals surface area contributed by atoms with Crippen molar-refractivity contribution in [2.75, 3.05) is 5.32 Å². The average Bonchev–Trinajstić information content (AvgIpc) is 3.33. The molecule has 138 valence electrons. The molecule has 0 aliphatic carbocycles. The highest BCUT2D eigenvalue weighted by atomic mass is 32.1. The molecule has 0 radical (unpaired) electrons. The first-order valence-electron chi connectivity index (χ1n) is 7.89. The maximum Gasteiger partial charge on any atom is 0.272 e. The number of hydrogen-bond donors (Lipinski definition) is 3. The van der Waals surface area contributed by atoms with Crippen molar-refractivity contribution in [2.45, 2.75) is 13.0 Å². The van der Waals surface area contributed by atoms with Crippen LogP contribution in [0.15, 0.2) is 47.8 Å². The molecule has 9 nitrogen and oxygen atoms in total. The fraction of sp³-hybridized carbons (Fsp3) is 0.118. The quantitative estimate of drug-likeness (QED) is 0.444. The van der Waals surface area contributed by atoms with Crippen LogP contribution in [-0.2, 0) is 4.79 Å². The van der Waals surface area contributed by atoms with Crippen LogP contribution >= 0.6 is 11.3 Å². The van der Waals surface area contributed by atoms with Gasteiger partial charge < -0.3 is 10.6 Å². The zero-order valence-corrected chi connectivity index (χ0v) is 14.9. The number of nitrogens with zero attached hydrogens (tertiary/aromatic N) is 2. The van der Waals surface area contributed by atoms with E-state index in [4.69, 9.17) is 0 Å². The second kappa shape index (κ2) is 7.79. The fourth-order valence-electron chi connectivity index (χ4n) is 2.25. The number of anilines is 1. The van der Waals surface area contributed by atoms with E-state index in [1.54, 1.807) is 6.07 Å². The van der Waals surface area contributed by atoms with E-state index in [0.717, 1.165) is 10.6 Å². The molecular weight excluding hydrogens is 370 g/mol. The van der Waals surface area contributed by atoms with Crippen LogP contribution in [0.3, 0.4) is 0 Å². The molecule has 3 aromatic rings. The Hall–Kier alpha value is -3.53. The van der Waals surface area contributed by atoms with Crippen LogP contribution in [0.25, 0.3) is 10.6 Å². The number of carbonyl (C=O) groups excluding carboxylic acids is 2. The number of carbonyl (C=O) groups is 2. The second-order valence-corrected chi connectivity index (χ2v) is 6.58. The Morgan fingerprint density at radius 2 is 2.00 bits per heavy atom. The van der Waals surface area contributed by atoms with Crippen molar-refractivity contribution in [1.82, 2.24) is 15.5 Å². The van der Waals surface area contributed by atoms with Gasteiger partial charge in [-0.2, -0.15) is 5.10 Å². The fourth-order valence-corrected chi connectivity index (χ4v) is 2.94. The normalized spacial score (nSPS) is 11.6. The number of non-ortho nitro benzene ring substituents is 1. The number of nitro benzene ring substituents is 1. The maximum atomic E-state index is 12.3. The van der Waals surface area contributed by atoms with Gasteiger partial charge in [0, 0.05) is 17.8 Å². The van der Waals surface area contributed by atoms with Crippen LogP contribution < -0.4 is 10.6 Å². The molecule has 1 atom stereocenters. The number of amides is 2. The molecule has 27 heavy (non-hydrogen) atoms. The monoisotopic (exact) mass is 385 g/mol. The van der Waals surface area contributed by atoms with Gasteiger partial charge in [0.1, 0.15) is 6.04 Å². The van der Waals surface area contributed by atoms with E-state index in [-0.39, 0.29) is 11.4 Å². The minimum atomic E-state index is -0.824. The summed E-state index contributed by atoms with van der Waals surface area (Å²) in [7, 11) is 0. The van der Waals surface area contributed by atoms with Crippen molar-refractivity contribution in [3.05, 3.63) is 63.7 Å². The number of benzene rings is 1. The summed E-state index contributed by atoms with van der Waals surface area (Å²) in [4.78, 5) is 35.5. The summed E-state index contributed by atoms with van der Waals surface area (Å²) >= 11 is 1.51. The van der Waals surface area contributed by atoms with E-state index >= 15 is 0 Å². The van der Waals surface area contributed by atoms with Crippen molar-refractivity contribution in [1.29, 1.82) is 0 Å². The summed E-state index contributed by atoms with van der Waals surface area (Å²) in [6.45, 7) is 1.53. The Kier molecular flexibility index (Phi) is 5.27. The second-order valence-electron chi connectivity index (χ2n) is 5.63. The van der Waals surface area contributed by atoms with Crippen LogP contribution in [0, 0.1) is 10.1 Å². The molecule has 0 aliphatic heterocycles. The highest BCUT2D eigenvalue weighted by Gasteiger charge is 2.19. The first-order chi connectivity index (χ1) is 12.9. The summed E-state index contributed by atoms with van der Waals surface area (Å²) in [5.41, 5.74) is 1.22. The van der Waals surface area contributed by atoms with Gasteiger partial charge in [-0.25, -0.2) is 0 Å². The first kappa shape index (κ1) is 18.3. The van der Waals surface area contributed by atoms with Gasteiger partial charge in [0.05, 0.1) is 15.5 Å². The molecule has 10 heteroatoms. The Morgan fingerprint density at radius 3 is 2.63 bits per heavy atom. The topological polar surface area (TPSA) is 130 Å². The number of H-pyrrole nitrogens is 1. The molecule has 2 heterocycles. The summed E-state index contributed by atoms with van der Waals surface area (Å²) in [6, 6.07) is 10.0. The molecule has 2 amide bonds. The highest BCUT2D eigenvalue weighted by molar-refractivity contribution is 7.13. The Balaban J connectivity index is 1.59. The van der Waals surface area contributed by atoms with Gasteiger partial charge >= 0.3 is 0 Å². The van der Waals surface area contributed by atoms with E-state index in [1.807, 2.05) is 17.5 Å². The van der Waals surface area contributed by atoms with E-state index < -0.39 is 22.8 Å². The Bertz CT molecular complexity index is 966. The third kappa shape index (κ3) is 4.36. The minimum absolute atomic E-state index is 0.0746. The molecule has 3 rings (SSSR count). The van der Waals surface area contributed by atoms with E-state index in [0.29, 0.717) is 5.69 Å². The van der Waals surface area contributed by atoms with Crippen molar-refractivity contribution in [2.24, 2.45) is 0 Å². The number of thiophene rings is 1. The lowest BCUT2D eigenvalue weighted by molar-refractivity contribution is -0.384. The van der Waals surface area contributed by atoms with Crippen LogP contribution in [0.2, 0.25) is 0 Å². The first-order valence-corrected chi connectivity index (χ1v) is 8.77. The highest BCUT2D eigenvalue weighted by Crippen LogP contribution is 2.23. The zero-order valence-electron chi connectivity index (χ0n) is 14.1. The Labute approximate surface area is 157 Å². The van der Waals surface area contributed by atoms with E-state index in [2.05, 4.69) is 20.8 Å². The molecule has 3 N–H and O–H groups in total. The van der Waals surface area contributed by atoms with Crippen molar-refractivity contribution >= 4 is 34.5 Å². The van der Waals surface area contributed by atoms with Crippen molar-refractivity contribution in [3.63, 3.8) is 0 Å². The average molecular weight is 385 g/mol. The molecule has 0 spiro atoms. The van der Waals surface area contributed by atoms with Gasteiger partial charge in [-0.3, -0.25) is 24.8 Å². The summed E-state index contributed by atoms with van der Waals surface area (Å²) < 4.78 is 0. The number of nitro groups is 1. The van der Waals surface area contributed by atoms with Gasteiger partial charge in [-0.05, 0) is 36.6 Å². The molecule has 0 aliphatic rings. The maximum absolute atomic E-state index is 12.3. The van der Waals surface area contributed by atoms with Gasteiger partial charge in [0.25, 0.3) is 11.6 Å². The number of hydrogen-bond acceptors (Lipinski definition) is 6. The van der Waals surface area contributed by atoms with E-state index in [9.17, 15) is 19.7 Å². The number of aromatic amines is 1. The summed E-state index contributed by atoms with van der Waals surface area (Å²) in [5.74, 6) is -0.938. The predicted octanol–water partition coefficient (Wildman–Crippen LogP) is 2.80. The van der Waals surface area contributed by atoms with Crippen LogP contribution in [0.1, 0.15) is 17.4 Å². The SMILES string of the molecule is C[C@H](NC(=O)c1cc(-c2cccs2)[nH]n1)C(=O)Nc1ccc([N+](=O)[O-])cc1. The molecule has 0 saturated carbocycles.